The zero-order valence-corrected chi connectivity index (χ0v) is 12.5. The van der Waals surface area contributed by atoms with Gasteiger partial charge in [-0.05, 0) is 38.0 Å². The summed E-state index contributed by atoms with van der Waals surface area (Å²) in [4.78, 5) is 0.223. The van der Waals surface area contributed by atoms with Crippen molar-refractivity contribution in [3.8, 4) is 0 Å². The second-order valence-corrected chi connectivity index (χ2v) is 7.30. The summed E-state index contributed by atoms with van der Waals surface area (Å²) in [7, 11) is -3.48. The van der Waals surface area contributed by atoms with Crippen molar-refractivity contribution in [2.75, 3.05) is 12.3 Å². The zero-order chi connectivity index (χ0) is 14.0. The number of sulfonamides is 1. The van der Waals surface area contributed by atoms with Crippen LogP contribution in [0.25, 0.3) is 0 Å². The van der Waals surface area contributed by atoms with E-state index >= 15 is 0 Å². The van der Waals surface area contributed by atoms with Crippen LogP contribution in [0.1, 0.15) is 32.6 Å². The minimum atomic E-state index is -3.48. The van der Waals surface area contributed by atoms with Crippen molar-refractivity contribution >= 4 is 27.3 Å². The first-order chi connectivity index (χ1) is 8.93. The Bertz CT molecular complexity index is 560. The molecule has 1 aliphatic rings. The molecule has 4 nitrogen and oxygen atoms in total. The molecule has 0 aliphatic carbocycles. The molecule has 0 aromatic heterocycles. The number of nitrogens with two attached hydrogens (primary N) is 1. The molecule has 0 radical (unpaired) electrons. The molecule has 0 amide bonds. The Balaban J connectivity index is 2.37. The average Bonchev–Trinajstić information content (AvgIpc) is 2.57. The van der Waals surface area contributed by atoms with Crippen LogP contribution < -0.4 is 5.73 Å². The number of nitrogen functional groups attached to an aromatic ring is 1. The van der Waals surface area contributed by atoms with Crippen LogP contribution in [0, 0.1) is 0 Å². The molecule has 0 spiro atoms. The highest BCUT2D eigenvalue weighted by Crippen LogP contribution is 2.28. The van der Waals surface area contributed by atoms with E-state index in [-0.39, 0.29) is 16.0 Å². The Kier molecular flexibility index (Phi) is 4.38. The van der Waals surface area contributed by atoms with Gasteiger partial charge in [0.05, 0.1) is 15.6 Å². The van der Waals surface area contributed by atoms with Gasteiger partial charge >= 0.3 is 0 Å². The topological polar surface area (TPSA) is 63.4 Å². The summed E-state index contributed by atoms with van der Waals surface area (Å²) in [6, 6.07) is 4.53. The van der Waals surface area contributed by atoms with Crippen molar-refractivity contribution in [2.24, 2.45) is 0 Å². The minimum Gasteiger partial charge on any atom is -0.398 e. The normalized spacial score (nSPS) is 22.1. The number of rotatable bonds is 2. The molecule has 19 heavy (non-hydrogen) atoms. The van der Waals surface area contributed by atoms with Crippen molar-refractivity contribution in [1.29, 1.82) is 0 Å². The SMILES string of the molecule is CC1CCCCCN1S(=O)(=O)c1ccc(N)c(Cl)c1. The van der Waals surface area contributed by atoms with Gasteiger partial charge < -0.3 is 5.73 Å². The Labute approximate surface area is 119 Å². The summed E-state index contributed by atoms with van der Waals surface area (Å²) < 4.78 is 26.9. The fourth-order valence-corrected chi connectivity index (χ4v) is 4.38. The van der Waals surface area contributed by atoms with Crippen LogP contribution >= 0.6 is 11.6 Å². The molecule has 1 unspecified atom stereocenters. The van der Waals surface area contributed by atoms with Crippen LogP contribution in [0.4, 0.5) is 5.69 Å². The van der Waals surface area contributed by atoms with Crippen LogP contribution in [0.3, 0.4) is 0 Å². The van der Waals surface area contributed by atoms with Gasteiger partial charge in [-0.1, -0.05) is 24.4 Å². The summed E-state index contributed by atoms with van der Waals surface area (Å²) in [5, 5.41) is 0.281. The molecule has 0 bridgehead atoms. The molecular formula is C13H19ClN2O2S. The van der Waals surface area contributed by atoms with Gasteiger partial charge in [-0.25, -0.2) is 8.42 Å². The predicted molar refractivity (Wildman–Crippen MR) is 77.7 cm³/mol. The highest BCUT2D eigenvalue weighted by molar-refractivity contribution is 7.89. The molecule has 6 heteroatoms. The molecule has 1 aromatic carbocycles. The Morgan fingerprint density at radius 3 is 2.74 bits per heavy atom. The largest absolute Gasteiger partial charge is 0.398 e. The van der Waals surface area contributed by atoms with Crippen LogP contribution in [-0.2, 0) is 10.0 Å². The molecule has 0 saturated carbocycles. The van der Waals surface area contributed by atoms with Crippen molar-refractivity contribution < 1.29 is 8.42 Å². The highest BCUT2D eigenvalue weighted by atomic mass is 35.5. The molecule has 1 heterocycles. The van der Waals surface area contributed by atoms with Crippen molar-refractivity contribution in [1.82, 2.24) is 4.31 Å². The first-order valence-corrected chi connectivity index (χ1v) is 8.31. The predicted octanol–water partition coefficient (Wildman–Crippen LogP) is 2.88. The van der Waals surface area contributed by atoms with Crippen molar-refractivity contribution in [3.05, 3.63) is 23.2 Å². The smallest absolute Gasteiger partial charge is 0.243 e. The molecule has 2 N–H and O–H groups in total. The summed E-state index contributed by atoms with van der Waals surface area (Å²) in [5.41, 5.74) is 6.02. The van der Waals surface area contributed by atoms with E-state index in [1.165, 1.54) is 18.2 Å². The van der Waals surface area contributed by atoms with Crippen LogP contribution in [-0.4, -0.2) is 25.3 Å². The van der Waals surface area contributed by atoms with Gasteiger partial charge in [-0.15, -0.1) is 0 Å². The van der Waals surface area contributed by atoms with Crippen molar-refractivity contribution in [2.45, 2.75) is 43.5 Å². The molecule has 1 fully saturated rings. The van der Waals surface area contributed by atoms with E-state index < -0.39 is 10.0 Å². The summed E-state index contributed by atoms with van der Waals surface area (Å²) in [6.07, 6.45) is 3.97. The van der Waals surface area contributed by atoms with Crippen LogP contribution in [0.15, 0.2) is 23.1 Å². The van der Waals surface area contributed by atoms with Gasteiger partial charge in [-0.3, -0.25) is 0 Å². The number of hydrogen-bond acceptors (Lipinski definition) is 3. The van der Waals surface area contributed by atoms with E-state index in [4.69, 9.17) is 17.3 Å². The van der Waals surface area contributed by atoms with E-state index in [0.717, 1.165) is 25.7 Å². The zero-order valence-electron chi connectivity index (χ0n) is 11.0. The number of anilines is 1. The Morgan fingerprint density at radius 1 is 1.32 bits per heavy atom. The average molecular weight is 303 g/mol. The Hall–Kier alpha value is -0.780. The third-order valence-corrected chi connectivity index (χ3v) is 5.91. The van der Waals surface area contributed by atoms with Crippen molar-refractivity contribution in [3.63, 3.8) is 0 Å². The van der Waals surface area contributed by atoms with Crippen LogP contribution in [0.2, 0.25) is 5.02 Å². The third kappa shape index (κ3) is 3.04. The van der Waals surface area contributed by atoms with Gasteiger partial charge in [0.25, 0.3) is 0 Å². The summed E-state index contributed by atoms with van der Waals surface area (Å²) in [6.45, 7) is 2.53. The lowest BCUT2D eigenvalue weighted by atomic mass is 10.1. The molecule has 1 aromatic rings. The monoisotopic (exact) mass is 302 g/mol. The van der Waals surface area contributed by atoms with Gasteiger partial charge in [0, 0.05) is 12.6 Å². The van der Waals surface area contributed by atoms with Gasteiger partial charge in [0.15, 0.2) is 0 Å². The fraction of sp³-hybridized carbons (Fsp3) is 0.538. The first kappa shape index (κ1) is 14.6. The lowest BCUT2D eigenvalue weighted by Crippen LogP contribution is -2.38. The number of hydrogen-bond donors (Lipinski definition) is 1. The van der Waals surface area contributed by atoms with Gasteiger partial charge in [-0.2, -0.15) is 4.31 Å². The highest BCUT2D eigenvalue weighted by Gasteiger charge is 2.30. The quantitative estimate of drug-likeness (QED) is 0.854. The van der Waals surface area contributed by atoms with E-state index in [9.17, 15) is 8.42 Å². The first-order valence-electron chi connectivity index (χ1n) is 6.50. The maximum absolute atomic E-state index is 12.6. The van der Waals surface area contributed by atoms with Gasteiger partial charge in [0.2, 0.25) is 10.0 Å². The number of benzene rings is 1. The van der Waals surface area contributed by atoms with E-state index in [2.05, 4.69) is 0 Å². The number of nitrogens with zero attached hydrogens (tertiary/aromatic N) is 1. The Morgan fingerprint density at radius 2 is 2.05 bits per heavy atom. The molecular weight excluding hydrogens is 284 g/mol. The van der Waals surface area contributed by atoms with Gasteiger partial charge in [0.1, 0.15) is 0 Å². The molecule has 1 saturated heterocycles. The minimum absolute atomic E-state index is 0.0313. The number of halogens is 1. The maximum atomic E-state index is 12.6. The van der Waals surface area contributed by atoms with Crippen LogP contribution in [0.5, 0.6) is 0 Å². The molecule has 1 atom stereocenters. The lowest BCUT2D eigenvalue weighted by Gasteiger charge is -2.26. The fourth-order valence-electron chi connectivity index (χ4n) is 2.41. The standard InChI is InChI=1S/C13H19ClN2O2S/c1-10-5-3-2-4-8-16(10)19(17,18)11-6-7-13(15)12(14)9-11/h6-7,9-10H,2-5,8,15H2,1H3. The molecule has 1 aliphatic heterocycles. The summed E-state index contributed by atoms with van der Waals surface area (Å²) >= 11 is 5.92. The summed E-state index contributed by atoms with van der Waals surface area (Å²) in [5.74, 6) is 0. The third-order valence-electron chi connectivity index (χ3n) is 3.57. The maximum Gasteiger partial charge on any atom is 0.243 e. The second kappa shape index (κ2) is 5.69. The van der Waals surface area contributed by atoms with E-state index in [1.54, 1.807) is 4.31 Å². The second-order valence-electron chi connectivity index (χ2n) is 5.00. The van der Waals surface area contributed by atoms with E-state index in [1.807, 2.05) is 6.92 Å². The lowest BCUT2D eigenvalue weighted by molar-refractivity contribution is 0.342. The molecule has 106 valence electrons. The molecule has 2 rings (SSSR count). The van der Waals surface area contributed by atoms with E-state index in [0.29, 0.717) is 12.2 Å².